The number of nitrogens with one attached hydrogen (secondary N) is 1. The number of rotatable bonds is 6. The van der Waals surface area contributed by atoms with Crippen molar-refractivity contribution in [1.82, 2.24) is 5.43 Å². The molecule has 0 aliphatic carbocycles. The van der Waals surface area contributed by atoms with Crippen LogP contribution < -0.4 is 16.0 Å². The van der Waals surface area contributed by atoms with Crippen LogP contribution in [0.2, 0.25) is 0 Å². The van der Waals surface area contributed by atoms with E-state index in [0.717, 1.165) is 16.9 Å². The summed E-state index contributed by atoms with van der Waals surface area (Å²) in [6.07, 6.45) is 0.699. The molecule has 3 nitrogen and oxygen atoms in total. The van der Waals surface area contributed by atoms with Gasteiger partial charge in [0.15, 0.2) is 0 Å². The molecular formula is C16H19FN2O. The van der Waals surface area contributed by atoms with Crippen molar-refractivity contribution >= 4 is 0 Å². The summed E-state index contributed by atoms with van der Waals surface area (Å²) in [6.45, 7) is 2.60. The van der Waals surface area contributed by atoms with Crippen LogP contribution in [0.1, 0.15) is 24.1 Å². The van der Waals surface area contributed by atoms with E-state index in [0.29, 0.717) is 13.0 Å². The number of halogens is 1. The third-order valence-electron chi connectivity index (χ3n) is 3.15. The minimum Gasteiger partial charge on any atom is -0.494 e. The number of nitrogens with two attached hydrogens (primary N) is 1. The molecule has 4 heteroatoms. The molecule has 0 aliphatic heterocycles. The molecule has 0 aliphatic rings. The maximum atomic E-state index is 12.9. The van der Waals surface area contributed by atoms with Crippen LogP contribution in [0.25, 0.3) is 0 Å². The minimum absolute atomic E-state index is 0.0175. The quantitative estimate of drug-likeness (QED) is 0.629. The normalized spacial score (nSPS) is 12.2. The molecule has 0 radical (unpaired) electrons. The third kappa shape index (κ3) is 3.79. The molecule has 106 valence electrons. The van der Waals surface area contributed by atoms with E-state index in [1.807, 2.05) is 31.2 Å². The first-order valence-electron chi connectivity index (χ1n) is 6.66. The number of hydrazine groups is 1. The number of benzene rings is 2. The molecule has 20 heavy (non-hydrogen) atoms. The summed E-state index contributed by atoms with van der Waals surface area (Å²) in [4.78, 5) is 0. The minimum atomic E-state index is -0.230. The fraction of sp³-hybridized carbons (Fsp3) is 0.250. The molecule has 2 aromatic carbocycles. The van der Waals surface area contributed by atoms with Gasteiger partial charge in [0.1, 0.15) is 11.6 Å². The van der Waals surface area contributed by atoms with E-state index in [2.05, 4.69) is 5.43 Å². The van der Waals surface area contributed by atoms with Gasteiger partial charge in [0.25, 0.3) is 0 Å². The van der Waals surface area contributed by atoms with Crippen molar-refractivity contribution in [3.8, 4) is 5.75 Å². The van der Waals surface area contributed by atoms with E-state index in [1.54, 1.807) is 12.1 Å². The average Bonchev–Trinajstić information content (AvgIpc) is 2.48. The summed E-state index contributed by atoms with van der Waals surface area (Å²) in [5, 5.41) is 0. The van der Waals surface area contributed by atoms with E-state index in [1.165, 1.54) is 12.1 Å². The number of hydrogen-bond acceptors (Lipinski definition) is 3. The summed E-state index contributed by atoms with van der Waals surface area (Å²) in [6, 6.07) is 14.3. The molecule has 0 bridgehead atoms. The molecule has 0 fully saturated rings. The maximum Gasteiger partial charge on any atom is 0.123 e. The van der Waals surface area contributed by atoms with Crippen molar-refractivity contribution in [2.45, 2.75) is 19.4 Å². The average molecular weight is 274 g/mol. The Labute approximate surface area is 118 Å². The zero-order valence-corrected chi connectivity index (χ0v) is 11.5. The van der Waals surface area contributed by atoms with E-state index >= 15 is 0 Å². The van der Waals surface area contributed by atoms with Gasteiger partial charge in [-0.05, 0) is 48.7 Å². The summed E-state index contributed by atoms with van der Waals surface area (Å²) in [7, 11) is 0. The van der Waals surface area contributed by atoms with Crippen LogP contribution in [-0.2, 0) is 6.42 Å². The van der Waals surface area contributed by atoms with E-state index in [9.17, 15) is 4.39 Å². The molecule has 0 saturated carbocycles. The van der Waals surface area contributed by atoms with Crippen LogP contribution in [0.15, 0.2) is 48.5 Å². The lowest BCUT2D eigenvalue weighted by Crippen LogP contribution is -2.29. The SMILES string of the molecule is CCOc1ccc(C(Cc2ccc(F)cc2)NN)cc1. The molecule has 0 spiro atoms. The number of hydrogen-bond donors (Lipinski definition) is 2. The lowest BCUT2D eigenvalue weighted by atomic mass is 9.99. The Kier molecular flexibility index (Phi) is 5.09. The van der Waals surface area contributed by atoms with Crippen LogP contribution in [-0.4, -0.2) is 6.61 Å². The summed E-state index contributed by atoms with van der Waals surface area (Å²) >= 11 is 0. The van der Waals surface area contributed by atoms with Crippen molar-refractivity contribution in [2.24, 2.45) is 5.84 Å². The number of ether oxygens (including phenoxy) is 1. The third-order valence-corrected chi connectivity index (χ3v) is 3.15. The van der Waals surface area contributed by atoms with Crippen LogP contribution in [0.4, 0.5) is 4.39 Å². The molecule has 0 aromatic heterocycles. The highest BCUT2D eigenvalue weighted by Crippen LogP contribution is 2.21. The second-order valence-corrected chi connectivity index (χ2v) is 4.55. The zero-order chi connectivity index (χ0) is 14.4. The summed E-state index contributed by atoms with van der Waals surface area (Å²) < 4.78 is 18.3. The molecule has 1 atom stereocenters. The molecule has 2 aromatic rings. The fourth-order valence-electron chi connectivity index (χ4n) is 2.09. The highest BCUT2D eigenvalue weighted by molar-refractivity contribution is 5.30. The van der Waals surface area contributed by atoms with Gasteiger partial charge >= 0.3 is 0 Å². The molecule has 3 N–H and O–H groups in total. The zero-order valence-electron chi connectivity index (χ0n) is 11.5. The van der Waals surface area contributed by atoms with E-state index < -0.39 is 0 Å². The smallest absolute Gasteiger partial charge is 0.123 e. The second-order valence-electron chi connectivity index (χ2n) is 4.55. The summed E-state index contributed by atoms with van der Waals surface area (Å²) in [5.74, 6) is 6.24. The summed E-state index contributed by atoms with van der Waals surface area (Å²) in [5.41, 5.74) is 4.90. The van der Waals surface area contributed by atoms with Gasteiger partial charge < -0.3 is 4.74 Å². The van der Waals surface area contributed by atoms with Crippen molar-refractivity contribution in [2.75, 3.05) is 6.61 Å². The van der Waals surface area contributed by atoms with Gasteiger partial charge in [0, 0.05) is 6.04 Å². The Bertz CT molecular complexity index is 525. The van der Waals surface area contributed by atoms with Gasteiger partial charge in [-0.1, -0.05) is 24.3 Å². The van der Waals surface area contributed by atoms with Crippen molar-refractivity contribution in [3.63, 3.8) is 0 Å². The first-order chi connectivity index (χ1) is 9.72. The monoisotopic (exact) mass is 274 g/mol. The highest BCUT2D eigenvalue weighted by atomic mass is 19.1. The Morgan fingerprint density at radius 2 is 1.75 bits per heavy atom. The standard InChI is InChI=1S/C16H19FN2O/c1-2-20-15-9-5-13(6-10-15)16(19-18)11-12-3-7-14(17)8-4-12/h3-10,16,19H,2,11,18H2,1H3. The molecule has 2 rings (SSSR count). The largest absolute Gasteiger partial charge is 0.494 e. The van der Waals surface area contributed by atoms with Crippen molar-refractivity contribution in [3.05, 3.63) is 65.5 Å². The first kappa shape index (κ1) is 14.5. The topological polar surface area (TPSA) is 47.3 Å². The van der Waals surface area contributed by atoms with E-state index in [4.69, 9.17) is 10.6 Å². The lowest BCUT2D eigenvalue weighted by Gasteiger charge is -2.17. The lowest BCUT2D eigenvalue weighted by molar-refractivity contribution is 0.340. The van der Waals surface area contributed by atoms with Gasteiger partial charge in [-0.2, -0.15) is 0 Å². The van der Waals surface area contributed by atoms with Crippen molar-refractivity contribution in [1.29, 1.82) is 0 Å². The first-order valence-corrected chi connectivity index (χ1v) is 6.66. The van der Waals surface area contributed by atoms with Gasteiger partial charge in [-0.25, -0.2) is 4.39 Å². The Morgan fingerprint density at radius 1 is 1.10 bits per heavy atom. The van der Waals surface area contributed by atoms with Crippen LogP contribution in [0, 0.1) is 5.82 Å². The molecule has 0 saturated heterocycles. The maximum absolute atomic E-state index is 12.9. The Hall–Kier alpha value is -1.91. The van der Waals surface area contributed by atoms with Crippen LogP contribution >= 0.6 is 0 Å². The van der Waals surface area contributed by atoms with Gasteiger partial charge in [-0.3, -0.25) is 11.3 Å². The Morgan fingerprint density at radius 3 is 2.30 bits per heavy atom. The van der Waals surface area contributed by atoms with Crippen molar-refractivity contribution < 1.29 is 9.13 Å². The molecule has 1 unspecified atom stereocenters. The van der Waals surface area contributed by atoms with E-state index in [-0.39, 0.29) is 11.9 Å². The molecule has 0 heterocycles. The molecular weight excluding hydrogens is 255 g/mol. The highest BCUT2D eigenvalue weighted by Gasteiger charge is 2.10. The fourth-order valence-corrected chi connectivity index (χ4v) is 2.09. The second kappa shape index (κ2) is 7.03. The van der Waals surface area contributed by atoms with Crippen LogP contribution in [0.5, 0.6) is 5.75 Å². The van der Waals surface area contributed by atoms with Crippen LogP contribution in [0.3, 0.4) is 0 Å². The predicted molar refractivity (Wildman–Crippen MR) is 77.8 cm³/mol. The van der Waals surface area contributed by atoms with Gasteiger partial charge in [-0.15, -0.1) is 0 Å². The predicted octanol–water partition coefficient (Wildman–Crippen LogP) is 2.97. The van der Waals surface area contributed by atoms with Gasteiger partial charge in [0.2, 0.25) is 0 Å². The Balaban J connectivity index is 2.09. The van der Waals surface area contributed by atoms with Gasteiger partial charge in [0.05, 0.1) is 6.61 Å². The molecule has 0 amide bonds.